The minimum Gasteiger partial charge on any atom is -0.383 e. The van der Waals surface area contributed by atoms with Gasteiger partial charge in [0.05, 0.1) is 5.39 Å². The average molecular weight is 260 g/mol. The summed E-state index contributed by atoms with van der Waals surface area (Å²) in [6, 6.07) is 2.48. The molecule has 0 bridgehead atoms. The smallest absolute Gasteiger partial charge is 0.145 e. The van der Waals surface area contributed by atoms with E-state index in [9.17, 15) is 0 Å². The quantitative estimate of drug-likeness (QED) is 0.767. The second kappa shape index (κ2) is 6.55. The van der Waals surface area contributed by atoms with E-state index >= 15 is 0 Å². The van der Waals surface area contributed by atoms with Crippen LogP contribution in [0.1, 0.15) is 58.4 Å². The minimum absolute atomic E-state index is 0.466. The summed E-state index contributed by atoms with van der Waals surface area (Å²) in [6.07, 6.45) is 11.4. The maximum absolute atomic E-state index is 5.86. The van der Waals surface area contributed by atoms with Crippen LogP contribution in [0.5, 0.6) is 0 Å². The van der Waals surface area contributed by atoms with Gasteiger partial charge >= 0.3 is 0 Å². The monoisotopic (exact) mass is 260 g/mol. The highest BCUT2D eigenvalue weighted by atomic mass is 15.1. The highest BCUT2D eigenvalue weighted by Crippen LogP contribution is 2.24. The molecule has 0 aromatic carbocycles. The van der Waals surface area contributed by atoms with Crippen molar-refractivity contribution >= 4 is 16.9 Å². The van der Waals surface area contributed by atoms with Crippen molar-refractivity contribution in [1.29, 1.82) is 0 Å². The van der Waals surface area contributed by atoms with Crippen LogP contribution in [0, 0.1) is 0 Å². The molecular formula is C15H24N4. The van der Waals surface area contributed by atoms with Gasteiger partial charge in [-0.2, -0.15) is 0 Å². The number of rotatable bonds is 7. The summed E-state index contributed by atoms with van der Waals surface area (Å²) in [5.41, 5.74) is 6.81. The zero-order chi connectivity index (χ0) is 13.7. The summed E-state index contributed by atoms with van der Waals surface area (Å²) in [5.74, 6) is 0.568. The van der Waals surface area contributed by atoms with Gasteiger partial charge < -0.3 is 10.3 Å². The van der Waals surface area contributed by atoms with Crippen LogP contribution < -0.4 is 5.73 Å². The first-order chi connectivity index (χ1) is 9.24. The zero-order valence-electron chi connectivity index (χ0n) is 12.0. The van der Waals surface area contributed by atoms with E-state index in [0.29, 0.717) is 11.9 Å². The van der Waals surface area contributed by atoms with Crippen molar-refractivity contribution in [3.63, 3.8) is 0 Å². The molecule has 4 nitrogen and oxygen atoms in total. The van der Waals surface area contributed by atoms with Crippen LogP contribution in [0.2, 0.25) is 0 Å². The molecule has 0 radical (unpaired) electrons. The molecule has 2 aromatic rings. The fourth-order valence-corrected chi connectivity index (χ4v) is 2.53. The summed E-state index contributed by atoms with van der Waals surface area (Å²) in [5, 5.41) is 0.959. The normalized spacial score (nSPS) is 12.9. The third-order valence-electron chi connectivity index (χ3n) is 3.74. The molecule has 0 aliphatic heterocycles. The summed E-state index contributed by atoms with van der Waals surface area (Å²) in [4.78, 5) is 8.38. The van der Waals surface area contributed by atoms with Gasteiger partial charge in [0.25, 0.3) is 0 Å². The van der Waals surface area contributed by atoms with E-state index in [-0.39, 0.29) is 0 Å². The lowest BCUT2D eigenvalue weighted by Crippen LogP contribution is -2.05. The lowest BCUT2D eigenvalue weighted by Gasteiger charge is -2.14. The highest BCUT2D eigenvalue weighted by molar-refractivity contribution is 5.86. The van der Waals surface area contributed by atoms with Crippen molar-refractivity contribution in [3.8, 4) is 0 Å². The summed E-state index contributed by atoms with van der Waals surface area (Å²) >= 11 is 0. The Bertz CT molecular complexity index is 518. The lowest BCUT2D eigenvalue weighted by atomic mass is 10.1. The van der Waals surface area contributed by atoms with E-state index in [4.69, 9.17) is 5.73 Å². The molecular weight excluding hydrogens is 236 g/mol. The Morgan fingerprint density at radius 3 is 2.79 bits per heavy atom. The standard InChI is InChI=1S/C15H24N4/c1-3-4-5-6-7-8-12(2)19-10-9-13-14(16)17-11-18-15(13)19/h9-12H,3-8H2,1-2H3,(H2,16,17,18). The SMILES string of the molecule is CCCCCCCC(C)n1ccc2c(N)ncnc21. The van der Waals surface area contributed by atoms with Gasteiger partial charge in [-0.25, -0.2) is 9.97 Å². The van der Waals surface area contributed by atoms with Gasteiger partial charge in [-0.15, -0.1) is 0 Å². The van der Waals surface area contributed by atoms with Gasteiger partial charge in [0.2, 0.25) is 0 Å². The molecule has 0 saturated carbocycles. The van der Waals surface area contributed by atoms with Crippen molar-refractivity contribution < 1.29 is 0 Å². The van der Waals surface area contributed by atoms with Gasteiger partial charge in [0, 0.05) is 12.2 Å². The Balaban J connectivity index is 1.97. The molecule has 1 atom stereocenters. The number of nitrogen functional groups attached to an aromatic ring is 1. The molecule has 104 valence electrons. The van der Waals surface area contributed by atoms with Gasteiger partial charge in [0.15, 0.2) is 0 Å². The van der Waals surface area contributed by atoms with Crippen molar-refractivity contribution in [3.05, 3.63) is 18.6 Å². The van der Waals surface area contributed by atoms with Crippen molar-refractivity contribution in [2.75, 3.05) is 5.73 Å². The molecule has 0 spiro atoms. The second-order valence-electron chi connectivity index (χ2n) is 5.27. The van der Waals surface area contributed by atoms with Gasteiger partial charge in [-0.3, -0.25) is 0 Å². The molecule has 2 N–H and O–H groups in total. The molecule has 4 heteroatoms. The van der Waals surface area contributed by atoms with E-state index < -0.39 is 0 Å². The molecule has 19 heavy (non-hydrogen) atoms. The maximum atomic E-state index is 5.86. The topological polar surface area (TPSA) is 56.7 Å². The number of nitrogens with two attached hydrogens (primary N) is 1. The molecule has 0 aliphatic carbocycles. The predicted molar refractivity (Wildman–Crippen MR) is 80.0 cm³/mol. The van der Waals surface area contributed by atoms with E-state index in [1.54, 1.807) is 6.33 Å². The molecule has 0 aliphatic rings. The van der Waals surface area contributed by atoms with Crippen LogP contribution in [-0.2, 0) is 0 Å². The van der Waals surface area contributed by atoms with Gasteiger partial charge in [0.1, 0.15) is 17.8 Å². The average Bonchev–Trinajstić information content (AvgIpc) is 2.84. The Kier molecular flexibility index (Phi) is 4.77. The summed E-state index contributed by atoms with van der Waals surface area (Å²) in [7, 11) is 0. The van der Waals surface area contributed by atoms with Crippen LogP contribution in [0.3, 0.4) is 0 Å². The molecule has 0 saturated heterocycles. The second-order valence-corrected chi connectivity index (χ2v) is 5.27. The molecule has 1 unspecified atom stereocenters. The first-order valence-electron chi connectivity index (χ1n) is 7.31. The third-order valence-corrected chi connectivity index (χ3v) is 3.74. The zero-order valence-corrected chi connectivity index (χ0v) is 12.0. The van der Waals surface area contributed by atoms with Crippen molar-refractivity contribution in [2.45, 2.75) is 58.4 Å². The molecule has 0 fully saturated rings. The number of anilines is 1. The van der Waals surface area contributed by atoms with E-state index in [1.807, 2.05) is 6.07 Å². The molecule has 2 rings (SSSR count). The molecule has 2 aromatic heterocycles. The summed E-state index contributed by atoms with van der Waals surface area (Å²) < 4.78 is 2.22. The number of aromatic nitrogens is 3. The predicted octanol–water partition coefficient (Wildman–Crippen LogP) is 3.94. The fourth-order valence-electron chi connectivity index (χ4n) is 2.53. The molecule has 2 heterocycles. The Morgan fingerprint density at radius 2 is 2.00 bits per heavy atom. The van der Waals surface area contributed by atoms with E-state index in [1.165, 1.54) is 38.5 Å². The van der Waals surface area contributed by atoms with Crippen molar-refractivity contribution in [2.24, 2.45) is 0 Å². The van der Waals surface area contributed by atoms with Crippen LogP contribution in [0.4, 0.5) is 5.82 Å². The Hall–Kier alpha value is -1.58. The van der Waals surface area contributed by atoms with Crippen LogP contribution in [0.25, 0.3) is 11.0 Å². The number of fused-ring (bicyclic) bond motifs is 1. The fraction of sp³-hybridized carbons (Fsp3) is 0.600. The largest absolute Gasteiger partial charge is 0.383 e. The minimum atomic E-state index is 0.466. The molecule has 0 amide bonds. The Morgan fingerprint density at radius 1 is 1.21 bits per heavy atom. The van der Waals surface area contributed by atoms with E-state index in [2.05, 4.69) is 34.6 Å². The number of hydrogen-bond donors (Lipinski definition) is 1. The van der Waals surface area contributed by atoms with Gasteiger partial charge in [-0.1, -0.05) is 39.0 Å². The van der Waals surface area contributed by atoms with Crippen molar-refractivity contribution in [1.82, 2.24) is 14.5 Å². The van der Waals surface area contributed by atoms with Crippen LogP contribution in [0.15, 0.2) is 18.6 Å². The number of unbranched alkanes of at least 4 members (excludes halogenated alkanes) is 4. The summed E-state index contributed by atoms with van der Waals surface area (Å²) in [6.45, 7) is 4.50. The van der Waals surface area contributed by atoms with Crippen LogP contribution in [-0.4, -0.2) is 14.5 Å². The third kappa shape index (κ3) is 3.25. The number of nitrogens with zero attached hydrogens (tertiary/aromatic N) is 3. The highest BCUT2D eigenvalue weighted by Gasteiger charge is 2.10. The Labute approximate surface area is 115 Å². The van der Waals surface area contributed by atoms with Gasteiger partial charge in [-0.05, 0) is 19.4 Å². The number of hydrogen-bond acceptors (Lipinski definition) is 3. The first kappa shape index (κ1) is 13.8. The first-order valence-corrected chi connectivity index (χ1v) is 7.31. The lowest BCUT2D eigenvalue weighted by molar-refractivity contribution is 0.478. The van der Waals surface area contributed by atoms with E-state index in [0.717, 1.165) is 11.0 Å². The maximum Gasteiger partial charge on any atom is 0.145 e. The van der Waals surface area contributed by atoms with Crippen LogP contribution >= 0.6 is 0 Å².